The van der Waals surface area contributed by atoms with Crippen molar-refractivity contribution in [1.82, 2.24) is 9.78 Å². The highest BCUT2D eigenvalue weighted by Crippen LogP contribution is 2.13. The van der Waals surface area contributed by atoms with Gasteiger partial charge in [-0.25, -0.2) is 4.79 Å². The zero-order valence-electron chi connectivity index (χ0n) is 9.22. The Hall–Kier alpha value is -1.81. The highest BCUT2D eigenvalue weighted by molar-refractivity contribution is 6.30. The number of aromatic nitrogens is 2. The summed E-state index contributed by atoms with van der Waals surface area (Å²) in [4.78, 5) is 10.8. The molecule has 0 amide bonds. The average molecular weight is 251 g/mol. The van der Waals surface area contributed by atoms with Crippen LogP contribution in [0.3, 0.4) is 0 Å². The van der Waals surface area contributed by atoms with E-state index >= 15 is 0 Å². The summed E-state index contributed by atoms with van der Waals surface area (Å²) in [5.74, 6) is -1.02. The Morgan fingerprint density at radius 1 is 1.47 bits per heavy atom. The van der Waals surface area contributed by atoms with Gasteiger partial charge < -0.3 is 5.11 Å². The first-order valence-electron chi connectivity index (χ1n) is 5.08. The van der Waals surface area contributed by atoms with Crippen molar-refractivity contribution in [1.29, 1.82) is 0 Å². The number of carboxylic acids is 1. The lowest BCUT2D eigenvalue weighted by molar-refractivity contribution is 0.0689. The maximum absolute atomic E-state index is 10.8. The van der Waals surface area contributed by atoms with Crippen molar-refractivity contribution in [2.24, 2.45) is 0 Å². The number of hydrogen-bond acceptors (Lipinski definition) is 2. The second-order valence-electron chi connectivity index (χ2n) is 3.76. The van der Waals surface area contributed by atoms with E-state index in [0.717, 1.165) is 11.3 Å². The van der Waals surface area contributed by atoms with E-state index in [2.05, 4.69) is 5.10 Å². The molecule has 2 aromatic rings. The Labute approximate surface area is 103 Å². The minimum absolute atomic E-state index is 0.0597. The summed E-state index contributed by atoms with van der Waals surface area (Å²) in [5.41, 5.74) is 1.85. The van der Waals surface area contributed by atoms with Crippen molar-refractivity contribution in [2.75, 3.05) is 0 Å². The van der Waals surface area contributed by atoms with Crippen molar-refractivity contribution >= 4 is 17.6 Å². The van der Waals surface area contributed by atoms with E-state index < -0.39 is 5.97 Å². The van der Waals surface area contributed by atoms with Crippen molar-refractivity contribution in [3.05, 3.63) is 52.3 Å². The molecule has 1 N–H and O–H groups in total. The first kappa shape index (κ1) is 11.7. The van der Waals surface area contributed by atoms with Crippen LogP contribution in [0.2, 0.25) is 5.02 Å². The summed E-state index contributed by atoms with van der Waals surface area (Å²) >= 11 is 5.88. The monoisotopic (exact) mass is 250 g/mol. The van der Waals surface area contributed by atoms with Crippen molar-refractivity contribution in [3.8, 4) is 0 Å². The molecule has 0 radical (unpaired) electrons. The van der Waals surface area contributed by atoms with Gasteiger partial charge in [0.15, 0.2) is 5.69 Å². The number of benzene rings is 1. The van der Waals surface area contributed by atoms with Crippen LogP contribution in [0, 0.1) is 6.92 Å². The molecular formula is C12H11ClN2O2. The molecule has 1 aromatic carbocycles. The molecule has 0 saturated carbocycles. The Bertz CT molecular complexity index is 563. The predicted octanol–water partition coefficient (Wildman–Crippen LogP) is 2.59. The molecule has 0 aliphatic heterocycles. The molecule has 0 bridgehead atoms. The third kappa shape index (κ3) is 2.65. The second kappa shape index (κ2) is 4.59. The van der Waals surface area contributed by atoms with Crippen LogP contribution in [0.1, 0.15) is 21.7 Å². The lowest BCUT2D eigenvalue weighted by Crippen LogP contribution is -2.05. The highest BCUT2D eigenvalue weighted by atomic mass is 35.5. The van der Waals surface area contributed by atoms with E-state index in [1.165, 1.54) is 0 Å². The van der Waals surface area contributed by atoms with Crippen molar-refractivity contribution in [3.63, 3.8) is 0 Å². The molecule has 0 aliphatic carbocycles. The van der Waals surface area contributed by atoms with Crippen LogP contribution in [0.25, 0.3) is 0 Å². The van der Waals surface area contributed by atoms with Gasteiger partial charge in [0.25, 0.3) is 0 Å². The molecule has 0 aliphatic rings. The van der Waals surface area contributed by atoms with Gasteiger partial charge in [-0.05, 0) is 30.7 Å². The van der Waals surface area contributed by atoms with Gasteiger partial charge in [0.05, 0.1) is 6.54 Å². The standard InChI is InChI=1S/C12H11ClN2O2/c1-8-5-11(12(16)17)14-15(8)7-9-3-2-4-10(13)6-9/h2-6H,7H2,1H3,(H,16,17). The van der Waals surface area contributed by atoms with E-state index in [1.807, 2.05) is 25.1 Å². The van der Waals surface area contributed by atoms with E-state index in [9.17, 15) is 4.79 Å². The van der Waals surface area contributed by atoms with Gasteiger partial charge in [-0.15, -0.1) is 0 Å². The van der Waals surface area contributed by atoms with Crippen LogP contribution >= 0.6 is 11.6 Å². The number of halogens is 1. The average Bonchev–Trinajstić information content (AvgIpc) is 2.61. The van der Waals surface area contributed by atoms with E-state index in [1.54, 1.807) is 16.8 Å². The molecule has 1 aromatic heterocycles. The molecule has 2 rings (SSSR count). The normalized spacial score (nSPS) is 10.5. The maximum atomic E-state index is 10.8. The molecule has 4 nitrogen and oxygen atoms in total. The molecular weight excluding hydrogens is 240 g/mol. The van der Waals surface area contributed by atoms with Crippen molar-refractivity contribution in [2.45, 2.75) is 13.5 Å². The van der Waals surface area contributed by atoms with Crippen LogP contribution in [0.4, 0.5) is 0 Å². The van der Waals surface area contributed by atoms with Gasteiger partial charge in [-0.2, -0.15) is 5.10 Å². The summed E-state index contributed by atoms with van der Waals surface area (Å²) in [7, 11) is 0. The smallest absolute Gasteiger partial charge is 0.356 e. The molecule has 0 fully saturated rings. The Morgan fingerprint density at radius 2 is 2.24 bits per heavy atom. The highest BCUT2D eigenvalue weighted by Gasteiger charge is 2.10. The van der Waals surface area contributed by atoms with Crippen LogP contribution in [-0.2, 0) is 6.54 Å². The maximum Gasteiger partial charge on any atom is 0.356 e. The number of aromatic carboxylic acids is 1. The minimum Gasteiger partial charge on any atom is -0.476 e. The summed E-state index contributed by atoms with van der Waals surface area (Å²) in [6.07, 6.45) is 0. The minimum atomic E-state index is -1.02. The summed E-state index contributed by atoms with van der Waals surface area (Å²) < 4.78 is 1.65. The fourth-order valence-corrected chi connectivity index (χ4v) is 1.80. The van der Waals surface area contributed by atoms with Crippen LogP contribution in [0.15, 0.2) is 30.3 Å². The zero-order chi connectivity index (χ0) is 12.4. The third-order valence-electron chi connectivity index (χ3n) is 2.42. The fraction of sp³-hybridized carbons (Fsp3) is 0.167. The predicted molar refractivity (Wildman–Crippen MR) is 64.5 cm³/mol. The SMILES string of the molecule is Cc1cc(C(=O)O)nn1Cc1cccc(Cl)c1. The Morgan fingerprint density at radius 3 is 2.82 bits per heavy atom. The quantitative estimate of drug-likeness (QED) is 0.911. The molecule has 0 saturated heterocycles. The van der Waals surface area contributed by atoms with E-state index in [4.69, 9.17) is 16.7 Å². The first-order chi connectivity index (χ1) is 8.06. The summed E-state index contributed by atoms with van der Waals surface area (Å²) in [6.45, 7) is 2.34. The van der Waals surface area contributed by atoms with Crippen LogP contribution in [-0.4, -0.2) is 20.9 Å². The van der Waals surface area contributed by atoms with Gasteiger partial charge in [0, 0.05) is 10.7 Å². The number of carboxylic acid groups (broad SMARTS) is 1. The van der Waals surface area contributed by atoms with Gasteiger partial charge in [0.1, 0.15) is 0 Å². The number of hydrogen-bond donors (Lipinski definition) is 1. The molecule has 88 valence electrons. The van der Waals surface area contributed by atoms with Gasteiger partial charge in [-0.3, -0.25) is 4.68 Å². The number of aryl methyl sites for hydroxylation is 1. The number of rotatable bonds is 3. The van der Waals surface area contributed by atoms with E-state index in [0.29, 0.717) is 11.6 Å². The van der Waals surface area contributed by atoms with Gasteiger partial charge >= 0.3 is 5.97 Å². The lowest BCUT2D eigenvalue weighted by atomic mass is 10.2. The Balaban J connectivity index is 2.27. The van der Waals surface area contributed by atoms with Gasteiger partial charge in [-0.1, -0.05) is 23.7 Å². The largest absolute Gasteiger partial charge is 0.476 e. The van der Waals surface area contributed by atoms with Crippen molar-refractivity contribution < 1.29 is 9.90 Å². The summed E-state index contributed by atoms with van der Waals surface area (Å²) in [6, 6.07) is 8.96. The fourth-order valence-electron chi connectivity index (χ4n) is 1.58. The number of carbonyl (C=O) groups is 1. The first-order valence-corrected chi connectivity index (χ1v) is 5.46. The third-order valence-corrected chi connectivity index (χ3v) is 2.66. The molecule has 0 unspecified atom stereocenters. The molecule has 5 heteroatoms. The molecule has 1 heterocycles. The second-order valence-corrected chi connectivity index (χ2v) is 4.20. The molecule has 17 heavy (non-hydrogen) atoms. The van der Waals surface area contributed by atoms with Crippen LogP contribution < -0.4 is 0 Å². The van der Waals surface area contributed by atoms with E-state index in [-0.39, 0.29) is 5.69 Å². The topological polar surface area (TPSA) is 55.1 Å². The molecule has 0 atom stereocenters. The summed E-state index contributed by atoms with van der Waals surface area (Å²) in [5, 5.41) is 13.5. The Kier molecular flexibility index (Phi) is 3.15. The van der Waals surface area contributed by atoms with Gasteiger partial charge in [0.2, 0.25) is 0 Å². The lowest BCUT2D eigenvalue weighted by Gasteiger charge is -2.04. The zero-order valence-corrected chi connectivity index (χ0v) is 9.98. The molecule has 0 spiro atoms. The van der Waals surface area contributed by atoms with Crippen LogP contribution in [0.5, 0.6) is 0 Å². The number of nitrogens with zero attached hydrogens (tertiary/aromatic N) is 2.